The Bertz CT molecular complexity index is 487. The fourth-order valence-corrected chi connectivity index (χ4v) is 2.33. The van der Waals surface area contributed by atoms with Crippen LogP contribution < -0.4 is 10.1 Å². The molecule has 90 valence electrons. The van der Waals surface area contributed by atoms with Crippen molar-refractivity contribution >= 4 is 28.6 Å². The minimum Gasteiger partial charge on any atom is -0.495 e. The summed E-state index contributed by atoms with van der Waals surface area (Å²) in [6.07, 6.45) is 1.87. The monoisotopic (exact) mass is 268 g/mol. The highest BCUT2D eigenvalue weighted by molar-refractivity contribution is 7.09. The molecule has 1 heterocycles. The number of halogens is 1. The Labute approximate surface area is 109 Å². The van der Waals surface area contributed by atoms with Crippen molar-refractivity contribution in [2.75, 3.05) is 12.4 Å². The van der Waals surface area contributed by atoms with Crippen molar-refractivity contribution in [2.45, 2.75) is 13.0 Å². The van der Waals surface area contributed by atoms with E-state index in [2.05, 4.69) is 17.2 Å². The molecule has 17 heavy (non-hydrogen) atoms. The van der Waals surface area contributed by atoms with Gasteiger partial charge < -0.3 is 10.1 Å². The number of thiazole rings is 1. The van der Waals surface area contributed by atoms with E-state index >= 15 is 0 Å². The number of methoxy groups -OCH3 is 1. The third-order valence-corrected chi connectivity index (χ3v) is 3.68. The molecule has 2 aromatic rings. The van der Waals surface area contributed by atoms with E-state index in [1.807, 2.05) is 29.9 Å². The van der Waals surface area contributed by atoms with Gasteiger partial charge in [-0.1, -0.05) is 11.6 Å². The van der Waals surface area contributed by atoms with E-state index in [1.165, 1.54) is 4.88 Å². The predicted octanol–water partition coefficient (Wildman–Crippen LogP) is 3.98. The zero-order valence-electron chi connectivity index (χ0n) is 9.61. The minimum absolute atomic E-state index is 0.216. The van der Waals surface area contributed by atoms with E-state index in [0.717, 1.165) is 5.69 Å². The number of ether oxygens (including phenoxy) is 1. The van der Waals surface area contributed by atoms with Gasteiger partial charge in [-0.25, -0.2) is 0 Å². The van der Waals surface area contributed by atoms with Crippen LogP contribution in [-0.2, 0) is 0 Å². The summed E-state index contributed by atoms with van der Waals surface area (Å²) >= 11 is 7.60. The fraction of sp³-hybridized carbons (Fsp3) is 0.250. The summed E-state index contributed by atoms with van der Waals surface area (Å²) in [6.45, 7) is 2.09. The lowest BCUT2D eigenvalue weighted by Gasteiger charge is -2.14. The number of aromatic nitrogens is 1. The van der Waals surface area contributed by atoms with Gasteiger partial charge in [0.15, 0.2) is 0 Å². The Kier molecular flexibility index (Phi) is 3.86. The number of rotatable bonds is 4. The lowest BCUT2D eigenvalue weighted by molar-refractivity contribution is 0.415. The van der Waals surface area contributed by atoms with Crippen molar-refractivity contribution in [1.29, 1.82) is 0 Å². The molecule has 0 aliphatic heterocycles. The summed E-state index contributed by atoms with van der Waals surface area (Å²) in [5.74, 6) is 0.674. The molecule has 0 aliphatic carbocycles. The minimum atomic E-state index is 0.216. The molecule has 1 unspecified atom stereocenters. The van der Waals surface area contributed by atoms with Gasteiger partial charge in [-0.2, -0.15) is 0 Å². The molecule has 0 bridgehead atoms. The number of benzene rings is 1. The molecule has 2 rings (SSSR count). The second kappa shape index (κ2) is 5.38. The molecule has 0 amide bonds. The van der Waals surface area contributed by atoms with Crippen molar-refractivity contribution in [3.8, 4) is 5.75 Å². The van der Waals surface area contributed by atoms with Crippen molar-refractivity contribution in [2.24, 2.45) is 0 Å². The van der Waals surface area contributed by atoms with E-state index in [0.29, 0.717) is 10.8 Å². The number of hydrogen-bond acceptors (Lipinski definition) is 4. The average Bonchev–Trinajstić information content (AvgIpc) is 2.85. The summed E-state index contributed by atoms with van der Waals surface area (Å²) in [4.78, 5) is 5.26. The maximum atomic E-state index is 5.97. The number of nitrogens with one attached hydrogen (secondary N) is 1. The van der Waals surface area contributed by atoms with Gasteiger partial charge in [-0.15, -0.1) is 11.3 Å². The van der Waals surface area contributed by atoms with Crippen molar-refractivity contribution in [3.05, 3.63) is 39.8 Å². The Morgan fingerprint density at radius 1 is 1.47 bits per heavy atom. The first kappa shape index (κ1) is 12.2. The number of nitrogens with zero attached hydrogens (tertiary/aromatic N) is 1. The summed E-state index contributed by atoms with van der Waals surface area (Å²) in [7, 11) is 1.61. The smallest absolute Gasteiger partial charge is 0.139 e. The standard InChI is InChI=1S/C12H13ClN2OS/c1-8(12-6-14-7-17-12)15-9-3-4-10(13)11(5-9)16-2/h3-8,15H,1-2H3. The third kappa shape index (κ3) is 2.90. The summed E-state index contributed by atoms with van der Waals surface area (Å²) < 4.78 is 5.18. The van der Waals surface area contributed by atoms with Crippen LogP contribution in [0.4, 0.5) is 5.69 Å². The molecule has 3 nitrogen and oxygen atoms in total. The Balaban J connectivity index is 2.13. The van der Waals surface area contributed by atoms with Crippen molar-refractivity contribution in [3.63, 3.8) is 0 Å². The lowest BCUT2D eigenvalue weighted by Crippen LogP contribution is -2.04. The summed E-state index contributed by atoms with van der Waals surface area (Å²) in [5.41, 5.74) is 2.81. The first-order valence-corrected chi connectivity index (χ1v) is 6.45. The van der Waals surface area contributed by atoms with E-state index < -0.39 is 0 Å². The fourth-order valence-electron chi connectivity index (χ4n) is 1.51. The van der Waals surface area contributed by atoms with Gasteiger partial charge in [0.05, 0.1) is 23.7 Å². The number of anilines is 1. The second-order valence-corrected chi connectivity index (χ2v) is 4.94. The van der Waals surface area contributed by atoms with E-state index in [1.54, 1.807) is 18.4 Å². The van der Waals surface area contributed by atoms with Gasteiger partial charge in [-0.3, -0.25) is 4.98 Å². The number of hydrogen-bond donors (Lipinski definition) is 1. The molecule has 1 N–H and O–H groups in total. The van der Waals surface area contributed by atoms with Gasteiger partial charge in [0.1, 0.15) is 5.75 Å². The zero-order valence-corrected chi connectivity index (χ0v) is 11.2. The SMILES string of the molecule is COc1cc(NC(C)c2cncs2)ccc1Cl. The topological polar surface area (TPSA) is 34.1 Å². The maximum Gasteiger partial charge on any atom is 0.139 e. The Morgan fingerprint density at radius 3 is 2.94 bits per heavy atom. The molecule has 1 atom stereocenters. The van der Waals surface area contributed by atoms with Crippen LogP contribution in [0.15, 0.2) is 29.9 Å². The van der Waals surface area contributed by atoms with Crippen LogP contribution in [0.2, 0.25) is 5.02 Å². The molecular formula is C12H13ClN2OS. The maximum absolute atomic E-state index is 5.97. The van der Waals surface area contributed by atoms with Gasteiger partial charge in [0, 0.05) is 22.8 Å². The van der Waals surface area contributed by atoms with E-state index in [9.17, 15) is 0 Å². The molecule has 0 aliphatic rings. The Morgan fingerprint density at radius 2 is 2.29 bits per heavy atom. The second-order valence-electron chi connectivity index (χ2n) is 3.62. The quantitative estimate of drug-likeness (QED) is 0.911. The van der Waals surface area contributed by atoms with Crippen LogP contribution in [0.1, 0.15) is 17.8 Å². The molecule has 1 aromatic heterocycles. The van der Waals surface area contributed by atoms with E-state index in [4.69, 9.17) is 16.3 Å². The van der Waals surface area contributed by atoms with Gasteiger partial charge >= 0.3 is 0 Å². The predicted molar refractivity (Wildman–Crippen MR) is 72.2 cm³/mol. The summed E-state index contributed by atoms with van der Waals surface area (Å²) in [5, 5.41) is 3.99. The highest BCUT2D eigenvalue weighted by Gasteiger charge is 2.08. The average molecular weight is 269 g/mol. The molecule has 0 saturated heterocycles. The molecular weight excluding hydrogens is 256 g/mol. The zero-order chi connectivity index (χ0) is 12.3. The molecule has 0 spiro atoms. The molecule has 0 fully saturated rings. The summed E-state index contributed by atoms with van der Waals surface area (Å²) in [6, 6.07) is 5.86. The Hall–Kier alpha value is -1.26. The molecule has 1 aromatic carbocycles. The van der Waals surface area contributed by atoms with Crippen molar-refractivity contribution < 1.29 is 4.74 Å². The van der Waals surface area contributed by atoms with Crippen molar-refractivity contribution in [1.82, 2.24) is 4.98 Å². The van der Waals surface area contributed by atoms with Gasteiger partial charge in [-0.05, 0) is 19.1 Å². The first-order valence-electron chi connectivity index (χ1n) is 5.19. The van der Waals surface area contributed by atoms with Gasteiger partial charge in [0.2, 0.25) is 0 Å². The highest BCUT2D eigenvalue weighted by Crippen LogP contribution is 2.29. The molecule has 0 saturated carbocycles. The van der Waals surface area contributed by atoms with Crippen LogP contribution in [-0.4, -0.2) is 12.1 Å². The highest BCUT2D eigenvalue weighted by atomic mass is 35.5. The van der Waals surface area contributed by atoms with Crippen LogP contribution >= 0.6 is 22.9 Å². The van der Waals surface area contributed by atoms with Crippen LogP contribution in [0.5, 0.6) is 5.75 Å². The van der Waals surface area contributed by atoms with Crippen LogP contribution in [0.3, 0.4) is 0 Å². The van der Waals surface area contributed by atoms with Gasteiger partial charge in [0.25, 0.3) is 0 Å². The molecule has 0 radical (unpaired) electrons. The lowest BCUT2D eigenvalue weighted by atomic mass is 10.2. The van der Waals surface area contributed by atoms with Crippen LogP contribution in [0.25, 0.3) is 0 Å². The van der Waals surface area contributed by atoms with Crippen LogP contribution in [0, 0.1) is 0 Å². The normalized spacial score (nSPS) is 12.2. The molecule has 5 heteroatoms. The largest absolute Gasteiger partial charge is 0.495 e. The van der Waals surface area contributed by atoms with E-state index in [-0.39, 0.29) is 6.04 Å². The first-order chi connectivity index (χ1) is 8.20. The third-order valence-electron chi connectivity index (χ3n) is 2.41.